The van der Waals surface area contributed by atoms with Crippen LogP contribution in [0.4, 0.5) is 5.69 Å². The Morgan fingerprint density at radius 3 is 2.82 bits per heavy atom. The molecule has 0 amide bonds. The van der Waals surface area contributed by atoms with Crippen molar-refractivity contribution in [2.75, 3.05) is 32.9 Å². The van der Waals surface area contributed by atoms with Gasteiger partial charge in [-0.2, -0.15) is 0 Å². The van der Waals surface area contributed by atoms with Crippen LogP contribution in [-0.4, -0.2) is 48.0 Å². The molecule has 1 saturated heterocycles. The molecule has 0 saturated carbocycles. The summed E-state index contributed by atoms with van der Waals surface area (Å²) in [6.07, 6.45) is 1.79. The van der Waals surface area contributed by atoms with E-state index in [1.807, 2.05) is 12.1 Å². The number of anilines is 1. The van der Waals surface area contributed by atoms with E-state index in [2.05, 4.69) is 35.8 Å². The number of nitrogens with two attached hydrogens (primary N) is 1. The Morgan fingerprint density at radius 1 is 1.47 bits per heavy atom. The molecule has 2 unspecified atom stereocenters. The molecule has 2 rings (SSSR count). The minimum absolute atomic E-state index is 0.649. The van der Waals surface area contributed by atoms with Crippen LogP contribution in [0.3, 0.4) is 0 Å². The molecular weight excluding hydrogens is 212 g/mol. The van der Waals surface area contributed by atoms with Crippen molar-refractivity contribution in [3.8, 4) is 0 Å². The molecule has 2 atom stereocenters. The second kappa shape index (κ2) is 5.02. The van der Waals surface area contributed by atoms with Crippen molar-refractivity contribution in [1.29, 1.82) is 0 Å². The van der Waals surface area contributed by atoms with Gasteiger partial charge in [0, 0.05) is 37.6 Å². The molecule has 4 heteroatoms. The van der Waals surface area contributed by atoms with Crippen LogP contribution in [-0.2, 0) is 6.54 Å². The summed E-state index contributed by atoms with van der Waals surface area (Å²) in [5.41, 5.74) is 7.63. The standard InChI is InChI=1S/C13H22N4/c1-10-7-17(9-13(10)16(2)3)8-12-6-11(14)4-5-15-12/h4-6,10,13H,7-9H2,1-3H3,(H2,14,15). The Hall–Kier alpha value is -1.13. The molecule has 1 aliphatic heterocycles. The minimum atomic E-state index is 0.649. The normalized spacial score (nSPS) is 25.6. The molecule has 1 aromatic rings. The summed E-state index contributed by atoms with van der Waals surface area (Å²) in [6, 6.07) is 4.45. The predicted octanol–water partition coefficient (Wildman–Crippen LogP) is 1.05. The second-order valence-corrected chi connectivity index (χ2v) is 5.28. The van der Waals surface area contributed by atoms with E-state index < -0.39 is 0 Å². The number of pyridine rings is 1. The Morgan fingerprint density at radius 2 is 2.24 bits per heavy atom. The predicted molar refractivity (Wildman–Crippen MR) is 70.6 cm³/mol. The number of likely N-dealkylation sites (N-methyl/N-ethyl adjacent to an activating group) is 1. The first-order valence-electron chi connectivity index (χ1n) is 6.15. The summed E-state index contributed by atoms with van der Waals surface area (Å²) in [7, 11) is 4.31. The molecule has 0 bridgehead atoms. The van der Waals surface area contributed by atoms with Crippen LogP contribution in [0.1, 0.15) is 12.6 Å². The van der Waals surface area contributed by atoms with E-state index in [0.717, 1.165) is 31.0 Å². The quantitative estimate of drug-likeness (QED) is 0.849. The van der Waals surface area contributed by atoms with Gasteiger partial charge in [-0.3, -0.25) is 9.88 Å². The fourth-order valence-corrected chi connectivity index (χ4v) is 2.66. The summed E-state index contributed by atoms with van der Waals surface area (Å²) in [5.74, 6) is 0.714. The van der Waals surface area contributed by atoms with Gasteiger partial charge in [0.05, 0.1) is 5.69 Å². The number of rotatable bonds is 3. The highest BCUT2D eigenvalue weighted by atomic mass is 15.2. The van der Waals surface area contributed by atoms with E-state index in [0.29, 0.717) is 12.0 Å². The molecule has 94 valence electrons. The van der Waals surface area contributed by atoms with Gasteiger partial charge < -0.3 is 10.6 Å². The van der Waals surface area contributed by atoms with Crippen molar-refractivity contribution in [2.45, 2.75) is 19.5 Å². The van der Waals surface area contributed by atoms with Crippen molar-refractivity contribution in [3.05, 3.63) is 24.0 Å². The molecule has 4 nitrogen and oxygen atoms in total. The summed E-state index contributed by atoms with van der Waals surface area (Å²) in [5, 5.41) is 0. The van der Waals surface area contributed by atoms with Gasteiger partial charge in [-0.25, -0.2) is 0 Å². The van der Waals surface area contributed by atoms with E-state index in [-0.39, 0.29) is 0 Å². The lowest BCUT2D eigenvalue weighted by molar-refractivity contribution is 0.249. The molecule has 0 spiro atoms. The van der Waals surface area contributed by atoms with Gasteiger partial charge in [0.25, 0.3) is 0 Å². The van der Waals surface area contributed by atoms with Gasteiger partial charge in [0.15, 0.2) is 0 Å². The lowest BCUT2D eigenvalue weighted by Gasteiger charge is -2.22. The van der Waals surface area contributed by atoms with E-state index in [4.69, 9.17) is 5.73 Å². The van der Waals surface area contributed by atoms with Crippen LogP contribution in [0.25, 0.3) is 0 Å². The minimum Gasteiger partial charge on any atom is -0.399 e. The summed E-state index contributed by atoms with van der Waals surface area (Å²) >= 11 is 0. The maximum Gasteiger partial charge on any atom is 0.0564 e. The van der Waals surface area contributed by atoms with Crippen molar-refractivity contribution in [3.63, 3.8) is 0 Å². The molecule has 1 fully saturated rings. The molecule has 1 aromatic heterocycles. The highest BCUT2D eigenvalue weighted by Gasteiger charge is 2.30. The van der Waals surface area contributed by atoms with Gasteiger partial charge in [-0.05, 0) is 32.1 Å². The lowest BCUT2D eigenvalue weighted by atomic mass is 10.1. The fraction of sp³-hybridized carbons (Fsp3) is 0.615. The smallest absolute Gasteiger partial charge is 0.0564 e. The van der Waals surface area contributed by atoms with Gasteiger partial charge in [0.2, 0.25) is 0 Å². The van der Waals surface area contributed by atoms with Crippen molar-refractivity contribution < 1.29 is 0 Å². The van der Waals surface area contributed by atoms with Crippen LogP contribution < -0.4 is 5.73 Å². The van der Waals surface area contributed by atoms with Crippen molar-refractivity contribution in [2.24, 2.45) is 5.92 Å². The second-order valence-electron chi connectivity index (χ2n) is 5.28. The van der Waals surface area contributed by atoms with E-state index >= 15 is 0 Å². The largest absolute Gasteiger partial charge is 0.399 e. The lowest BCUT2D eigenvalue weighted by Crippen LogP contribution is -2.34. The number of nitrogen functional groups attached to an aromatic ring is 1. The molecule has 0 aliphatic carbocycles. The van der Waals surface area contributed by atoms with E-state index in [9.17, 15) is 0 Å². The number of aromatic nitrogens is 1. The molecule has 1 aliphatic rings. The summed E-state index contributed by atoms with van der Waals surface area (Å²) in [4.78, 5) is 9.14. The highest BCUT2D eigenvalue weighted by molar-refractivity contribution is 5.37. The SMILES string of the molecule is CC1CN(Cc2cc(N)ccn2)CC1N(C)C. The zero-order chi connectivity index (χ0) is 12.4. The first-order valence-corrected chi connectivity index (χ1v) is 6.15. The van der Waals surface area contributed by atoms with E-state index in [1.165, 1.54) is 0 Å². The zero-order valence-electron chi connectivity index (χ0n) is 10.9. The van der Waals surface area contributed by atoms with Crippen LogP contribution >= 0.6 is 0 Å². The van der Waals surface area contributed by atoms with Crippen LogP contribution in [0, 0.1) is 5.92 Å². The molecule has 2 N–H and O–H groups in total. The molecule has 17 heavy (non-hydrogen) atoms. The number of likely N-dealkylation sites (tertiary alicyclic amines) is 1. The van der Waals surface area contributed by atoms with Gasteiger partial charge >= 0.3 is 0 Å². The third-order valence-corrected chi connectivity index (χ3v) is 3.54. The first-order chi connectivity index (χ1) is 8.06. The van der Waals surface area contributed by atoms with Crippen molar-refractivity contribution in [1.82, 2.24) is 14.8 Å². The monoisotopic (exact) mass is 234 g/mol. The Bertz CT molecular complexity index is 377. The Kier molecular flexibility index (Phi) is 3.64. The third-order valence-electron chi connectivity index (χ3n) is 3.54. The number of hydrogen-bond acceptors (Lipinski definition) is 4. The Balaban J connectivity index is 1.97. The highest BCUT2D eigenvalue weighted by Crippen LogP contribution is 2.21. The average molecular weight is 234 g/mol. The van der Waals surface area contributed by atoms with Crippen LogP contribution in [0.15, 0.2) is 18.3 Å². The molecule has 0 radical (unpaired) electrons. The first kappa shape index (κ1) is 12.3. The number of nitrogens with zero attached hydrogens (tertiary/aromatic N) is 3. The van der Waals surface area contributed by atoms with Gasteiger partial charge in [-0.15, -0.1) is 0 Å². The molecule has 2 heterocycles. The van der Waals surface area contributed by atoms with Gasteiger partial charge in [0.1, 0.15) is 0 Å². The molecule has 0 aromatic carbocycles. The van der Waals surface area contributed by atoms with Crippen LogP contribution in [0.5, 0.6) is 0 Å². The number of hydrogen-bond donors (Lipinski definition) is 1. The maximum atomic E-state index is 5.77. The molecular formula is C13H22N4. The summed E-state index contributed by atoms with van der Waals surface area (Å²) in [6.45, 7) is 5.47. The average Bonchev–Trinajstić information content (AvgIpc) is 2.59. The van der Waals surface area contributed by atoms with Gasteiger partial charge in [-0.1, -0.05) is 6.92 Å². The van der Waals surface area contributed by atoms with Crippen molar-refractivity contribution >= 4 is 5.69 Å². The Labute approximate surface area is 103 Å². The zero-order valence-corrected chi connectivity index (χ0v) is 10.9. The maximum absolute atomic E-state index is 5.77. The fourth-order valence-electron chi connectivity index (χ4n) is 2.66. The topological polar surface area (TPSA) is 45.4 Å². The van der Waals surface area contributed by atoms with Crippen LogP contribution in [0.2, 0.25) is 0 Å². The summed E-state index contributed by atoms with van der Waals surface area (Å²) < 4.78 is 0. The van der Waals surface area contributed by atoms with E-state index in [1.54, 1.807) is 6.20 Å². The third kappa shape index (κ3) is 2.96.